The van der Waals surface area contributed by atoms with Gasteiger partial charge in [-0.1, -0.05) is 0 Å². The molecule has 0 bridgehead atoms. The van der Waals surface area contributed by atoms with Crippen molar-refractivity contribution in [2.24, 2.45) is 0 Å². The van der Waals surface area contributed by atoms with Crippen molar-refractivity contribution in [2.45, 2.75) is 6.18 Å². The summed E-state index contributed by atoms with van der Waals surface area (Å²) in [6.07, 6.45) is -4.97. The van der Waals surface area contributed by atoms with Crippen molar-refractivity contribution in [1.29, 1.82) is 0 Å². The second-order valence-corrected chi connectivity index (χ2v) is 5.42. The number of anilines is 1. The lowest BCUT2D eigenvalue weighted by atomic mass is 10.1. The SMILES string of the molecule is O=C(Nc1ccc([N+](=O)[O-])c(C(F)(F)F)c1)c1cc(F)ccc1Br. The quantitative estimate of drug-likeness (QED) is 0.453. The van der Waals surface area contributed by atoms with Crippen molar-refractivity contribution in [3.8, 4) is 0 Å². The topological polar surface area (TPSA) is 72.2 Å². The van der Waals surface area contributed by atoms with Gasteiger partial charge in [-0.3, -0.25) is 14.9 Å². The molecule has 0 heterocycles. The summed E-state index contributed by atoms with van der Waals surface area (Å²) in [6, 6.07) is 5.30. The number of carbonyl (C=O) groups excluding carboxylic acids is 1. The van der Waals surface area contributed by atoms with Gasteiger partial charge in [-0.05, 0) is 46.3 Å². The van der Waals surface area contributed by atoms with E-state index in [2.05, 4.69) is 21.2 Å². The van der Waals surface area contributed by atoms with Gasteiger partial charge < -0.3 is 5.32 Å². The lowest BCUT2D eigenvalue weighted by Gasteiger charge is -2.11. The van der Waals surface area contributed by atoms with Crippen LogP contribution in [0.5, 0.6) is 0 Å². The normalized spacial score (nSPS) is 11.2. The number of nitro groups is 1. The minimum absolute atomic E-state index is 0.137. The first-order valence-corrected chi connectivity index (χ1v) is 7.01. The molecule has 0 aliphatic carbocycles. The second-order valence-electron chi connectivity index (χ2n) is 4.57. The van der Waals surface area contributed by atoms with Gasteiger partial charge in [0.25, 0.3) is 11.6 Å². The minimum Gasteiger partial charge on any atom is -0.322 e. The Morgan fingerprint density at radius 3 is 2.42 bits per heavy atom. The van der Waals surface area contributed by atoms with Gasteiger partial charge in [0.15, 0.2) is 0 Å². The first-order chi connectivity index (χ1) is 11.1. The number of hydrogen-bond donors (Lipinski definition) is 1. The smallest absolute Gasteiger partial charge is 0.322 e. The molecular weight excluding hydrogens is 400 g/mol. The molecule has 24 heavy (non-hydrogen) atoms. The van der Waals surface area contributed by atoms with E-state index in [-0.39, 0.29) is 15.7 Å². The van der Waals surface area contributed by atoms with E-state index < -0.39 is 34.1 Å². The average molecular weight is 407 g/mol. The van der Waals surface area contributed by atoms with Gasteiger partial charge in [0.1, 0.15) is 11.4 Å². The maximum Gasteiger partial charge on any atom is 0.423 e. The summed E-state index contributed by atoms with van der Waals surface area (Å²) in [5, 5.41) is 12.8. The number of rotatable bonds is 3. The predicted molar refractivity (Wildman–Crippen MR) is 80.2 cm³/mol. The van der Waals surface area contributed by atoms with Gasteiger partial charge in [-0.2, -0.15) is 13.2 Å². The Balaban J connectivity index is 2.38. The van der Waals surface area contributed by atoms with Crippen molar-refractivity contribution in [3.63, 3.8) is 0 Å². The molecule has 0 unspecified atom stereocenters. The summed E-state index contributed by atoms with van der Waals surface area (Å²) in [5.74, 6) is -1.58. The fourth-order valence-electron chi connectivity index (χ4n) is 1.87. The molecule has 2 aromatic rings. The van der Waals surface area contributed by atoms with E-state index in [4.69, 9.17) is 0 Å². The Kier molecular flexibility index (Phi) is 4.88. The number of alkyl halides is 3. The zero-order valence-corrected chi connectivity index (χ0v) is 13.1. The predicted octanol–water partition coefficient (Wildman–Crippen LogP) is 4.77. The summed E-state index contributed by atoms with van der Waals surface area (Å²) in [7, 11) is 0. The number of nitrogens with one attached hydrogen (secondary N) is 1. The van der Waals surface area contributed by atoms with E-state index in [0.29, 0.717) is 12.1 Å². The molecule has 2 rings (SSSR count). The highest BCUT2D eigenvalue weighted by molar-refractivity contribution is 9.10. The maximum absolute atomic E-state index is 13.2. The summed E-state index contributed by atoms with van der Waals surface area (Å²) < 4.78 is 52.1. The standard InChI is InChI=1S/C14H7BrF4N2O3/c15-11-3-1-7(16)5-9(11)13(22)20-8-2-4-12(21(23)24)10(6-8)14(17,18)19/h1-6H,(H,20,22). The Hall–Kier alpha value is -2.49. The molecule has 0 atom stereocenters. The number of benzene rings is 2. The van der Waals surface area contributed by atoms with Crippen LogP contribution in [0.1, 0.15) is 15.9 Å². The monoisotopic (exact) mass is 406 g/mol. The molecule has 2 aromatic carbocycles. The van der Waals surface area contributed by atoms with Crippen LogP contribution in [0.25, 0.3) is 0 Å². The molecule has 0 saturated carbocycles. The highest BCUT2D eigenvalue weighted by atomic mass is 79.9. The zero-order valence-electron chi connectivity index (χ0n) is 11.5. The van der Waals surface area contributed by atoms with E-state index in [1.165, 1.54) is 6.07 Å². The van der Waals surface area contributed by atoms with E-state index in [1.807, 2.05) is 0 Å². The lowest BCUT2D eigenvalue weighted by Crippen LogP contribution is -2.15. The first-order valence-electron chi connectivity index (χ1n) is 6.21. The van der Waals surface area contributed by atoms with Crippen molar-refractivity contribution >= 4 is 33.2 Å². The van der Waals surface area contributed by atoms with Crippen LogP contribution in [-0.4, -0.2) is 10.8 Å². The molecule has 0 aliphatic heterocycles. The van der Waals surface area contributed by atoms with Crippen molar-refractivity contribution in [1.82, 2.24) is 0 Å². The van der Waals surface area contributed by atoms with Crippen LogP contribution < -0.4 is 5.32 Å². The molecule has 0 spiro atoms. The molecule has 10 heteroatoms. The van der Waals surface area contributed by atoms with Crippen molar-refractivity contribution < 1.29 is 27.3 Å². The molecule has 5 nitrogen and oxygen atoms in total. The van der Waals surface area contributed by atoms with Gasteiger partial charge in [-0.25, -0.2) is 4.39 Å². The molecule has 0 fully saturated rings. The summed E-state index contributed by atoms with van der Waals surface area (Å²) in [5.41, 5.74) is -3.08. The van der Waals surface area contributed by atoms with Crippen LogP contribution in [0, 0.1) is 15.9 Å². The molecule has 0 aromatic heterocycles. The van der Waals surface area contributed by atoms with Gasteiger partial charge in [-0.15, -0.1) is 0 Å². The van der Waals surface area contributed by atoms with Crippen LogP contribution in [0.15, 0.2) is 40.9 Å². The van der Waals surface area contributed by atoms with E-state index in [9.17, 15) is 32.5 Å². The van der Waals surface area contributed by atoms with Crippen molar-refractivity contribution in [3.05, 3.63) is 67.9 Å². The van der Waals surface area contributed by atoms with Crippen LogP contribution in [0.2, 0.25) is 0 Å². The molecular formula is C14H7BrF4N2O3. The number of nitro benzene ring substituents is 1. The average Bonchev–Trinajstić information content (AvgIpc) is 2.48. The second kappa shape index (κ2) is 6.56. The molecule has 0 saturated heterocycles. The Labute approximate surface area is 140 Å². The minimum atomic E-state index is -4.97. The Morgan fingerprint density at radius 2 is 1.83 bits per heavy atom. The third-order valence-corrected chi connectivity index (χ3v) is 3.62. The first kappa shape index (κ1) is 17.9. The number of nitrogens with zero attached hydrogens (tertiary/aromatic N) is 1. The molecule has 126 valence electrons. The highest BCUT2D eigenvalue weighted by Gasteiger charge is 2.38. The van der Waals surface area contributed by atoms with Crippen LogP contribution >= 0.6 is 15.9 Å². The Morgan fingerprint density at radius 1 is 1.17 bits per heavy atom. The van der Waals surface area contributed by atoms with Gasteiger partial charge >= 0.3 is 6.18 Å². The molecule has 0 aliphatic rings. The van der Waals surface area contributed by atoms with E-state index in [1.54, 1.807) is 0 Å². The number of halogens is 5. The third-order valence-electron chi connectivity index (χ3n) is 2.93. The zero-order chi connectivity index (χ0) is 18.1. The summed E-state index contributed by atoms with van der Waals surface area (Å²) in [6.45, 7) is 0. The fraction of sp³-hybridized carbons (Fsp3) is 0.0714. The largest absolute Gasteiger partial charge is 0.423 e. The van der Waals surface area contributed by atoms with Crippen LogP contribution in [0.4, 0.5) is 28.9 Å². The maximum atomic E-state index is 13.2. The fourth-order valence-corrected chi connectivity index (χ4v) is 2.30. The van der Waals surface area contributed by atoms with Crippen LogP contribution in [0.3, 0.4) is 0 Å². The summed E-state index contributed by atoms with van der Waals surface area (Å²) in [4.78, 5) is 21.6. The molecule has 1 N–H and O–H groups in total. The van der Waals surface area contributed by atoms with Gasteiger partial charge in [0.05, 0.1) is 10.5 Å². The summed E-state index contributed by atoms with van der Waals surface area (Å²) >= 11 is 3.02. The highest BCUT2D eigenvalue weighted by Crippen LogP contribution is 2.37. The molecule has 1 amide bonds. The van der Waals surface area contributed by atoms with Gasteiger partial charge in [0.2, 0.25) is 0 Å². The number of amides is 1. The number of hydrogen-bond acceptors (Lipinski definition) is 3. The number of carbonyl (C=O) groups is 1. The van der Waals surface area contributed by atoms with E-state index >= 15 is 0 Å². The third kappa shape index (κ3) is 3.88. The Bertz CT molecular complexity index is 824. The lowest BCUT2D eigenvalue weighted by molar-refractivity contribution is -0.388. The molecule has 0 radical (unpaired) electrons. The van der Waals surface area contributed by atoms with E-state index in [0.717, 1.165) is 18.2 Å². The van der Waals surface area contributed by atoms with Gasteiger partial charge in [0, 0.05) is 16.2 Å². The van der Waals surface area contributed by atoms with Crippen molar-refractivity contribution in [2.75, 3.05) is 5.32 Å². The van der Waals surface area contributed by atoms with Crippen LogP contribution in [-0.2, 0) is 6.18 Å².